The maximum atomic E-state index is 13.0. The molecule has 1 aliphatic rings. The Hall–Kier alpha value is -2.39. The van der Waals surface area contributed by atoms with E-state index >= 15 is 0 Å². The van der Waals surface area contributed by atoms with Crippen molar-refractivity contribution in [3.63, 3.8) is 0 Å². The number of nitrogens with one attached hydrogen (secondary N) is 1. The van der Waals surface area contributed by atoms with Crippen LogP contribution in [-0.2, 0) is 12.8 Å². The average Bonchev–Trinajstić information content (AvgIpc) is 2.61. The van der Waals surface area contributed by atoms with E-state index in [0.29, 0.717) is 5.02 Å². The summed E-state index contributed by atoms with van der Waals surface area (Å²) in [6.45, 7) is 0. The summed E-state index contributed by atoms with van der Waals surface area (Å²) in [5.74, 6) is -0.0749. The second-order valence-electron chi connectivity index (χ2n) is 6.10. The predicted molar refractivity (Wildman–Crippen MR) is 97.8 cm³/mol. The van der Waals surface area contributed by atoms with Crippen LogP contribution in [0.25, 0.3) is 10.9 Å². The number of anilines is 1. The van der Waals surface area contributed by atoms with E-state index in [1.165, 1.54) is 0 Å². The molecule has 3 nitrogen and oxygen atoms in total. The molecule has 0 radical (unpaired) electrons. The largest absolute Gasteiger partial charge is 0.322 e. The lowest BCUT2D eigenvalue weighted by Crippen LogP contribution is -2.19. The first kappa shape index (κ1) is 15.2. The number of rotatable bonds is 2. The van der Waals surface area contributed by atoms with Crippen LogP contribution in [0, 0.1) is 0 Å². The van der Waals surface area contributed by atoms with E-state index in [-0.39, 0.29) is 5.91 Å². The van der Waals surface area contributed by atoms with E-state index < -0.39 is 0 Å². The number of fused-ring (bicyclic) bond motifs is 2. The molecule has 4 heteroatoms. The second-order valence-corrected chi connectivity index (χ2v) is 6.53. The highest BCUT2D eigenvalue weighted by Gasteiger charge is 2.22. The fourth-order valence-corrected chi connectivity index (χ4v) is 3.48. The van der Waals surface area contributed by atoms with Crippen LogP contribution in [0.4, 0.5) is 5.69 Å². The summed E-state index contributed by atoms with van der Waals surface area (Å²) in [6, 6.07) is 15.1. The molecule has 0 atom stereocenters. The van der Waals surface area contributed by atoms with Crippen LogP contribution < -0.4 is 5.32 Å². The zero-order valence-electron chi connectivity index (χ0n) is 13.2. The zero-order chi connectivity index (χ0) is 16.5. The van der Waals surface area contributed by atoms with Crippen molar-refractivity contribution >= 4 is 34.1 Å². The third-order valence-electron chi connectivity index (χ3n) is 4.50. The molecule has 0 aliphatic heterocycles. The monoisotopic (exact) mass is 336 g/mol. The van der Waals surface area contributed by atoms with Gasteiger partial charge in [0, 0.05) is 21.8 Å². The number of carbonyl (C=O) groups is 1. The molecule has 24 heavy (non-hydrogen) atoms. The van der Waals surface area contributed by atoms with Crippen LogP contribution in [0.15, 0.2) is 48.5 Å². The number of aryl methyl sites for hydroxylation is 1. The number of benzene rings is 2. The van der Waals surface area contributed by atoms with Crippen LogP contribution in [0.2, 0.25) is 5.02 Å². The molecule has 1 N–H and O–H groups in total. The quantitative estimate of drug-likeness (QED) is 0.714. The van der Waals surface area contributed by atoms with Crippen molar-refractivity contribution < 1.29 is 4.79 Å². The summed E-state index contributed by atoms with van der Waals surface area (Å²) in [5, 5.41) is 4.58. The maximum absolute atomic E-state index is 13.0. The normalized spacial score (nSPS) is 13.5. The summed E-state index contributed by atoms with van der Waals surface area (Å²) in [5.41, 5.74) is 4.58. The van der Waals surface area contributed by atoms with Gasteiger partial charge in [-0.25, -0.2) is 0 Å². The fraction of sp³-hybridized carbons (Fsp3) is 0.200. The minimum atomic E-state index is -0.0749. The van der Waals surface area contributed by atoms with Crippen LogP contribution >= 0.6 is 11.6 Å². The van der Waals surface area contributed by atoms with E-state index in [1.54, 1.807) is 12.1 Å². The van der Waals surface area contributed by atoms with Crippen molar-refractivity contribution in [3.8, 4) is 0 Å². The van der Waals surface area contributed by atoms with Crippen LogP contribution in [0.5, 0.6) is 0 Å². The first-order chi connectivity index (χ1) is 11.7. The fourth-order valence-electron chi connectivity index (χ4n) is 3.36. The number of carbonyl (C=O) groups excluding carboxylic acids is 1. The van der Waals surface area contributed by atoms with Gasteiger partial charge in [-0.05, 0) is 61.6 Å². The first-order valence-corrected chi connectivity index (χ1v) is 8.57. The van der Waals surface area contributed by atoms with E-state index in [2.05, 4.69) is 5.32 Å². The third kappa shape index (κ3) is 2.76. The molecular weight excluding hydrogens is 320 g/mol. The Bertz CT molecular complexity index is 919. The Balaban J connectivity index is 1.82. The van der Waals surface area contributed by atoms with Crippen molar-refractivity contribution in [2.75, 3.05) is 5.32 Å². The smallest absolute Gasteiger partial charge is 0.256 e. The van der Waals surface area contributed by atoms with Gasteiger partial charge in [0.05, 0.1) is 11.1 Å². The van der Waals surface area contributed by atoms with E-state index in [0.717, 1.165) is 59.1 Å². The van der Waals surface area contributed by atoms with Crippen molar-refractivity contribution in [2.24, 2.45) is 0 Å². The van der Waals surface area contributed by atoms with Gasteiger partial charge in [-0.1, -0.05) is 29.8 Å². The van der Waals surface area contributed by atoms with E-state index in [4.69, 9.17) is 16.6 Å². The Kier molecular flexibility index (Phi) is 3.95. The molecule has 1 amide bonds. The Morgan fingerprint density at radius 2 is 1.75 bits per heavy atom. The van der Waals surface area contributed by atoms with Gasteiger partial charge in [0.2, 0.25) is 0 Å². The molecule has 0 fully saturated rings. The number of aromatic nitrogens is 1. The maximum Gasteiger partial charge on any atom is 0.256 e. The standard InChI is InChI=1S/C20H17ClN2O/c21-13-9-11-14(12-10-13)22-20(24)19-15-5-1-3-7-17(15)23-18-8-4-2-6-16(18)19/h1,3,5,7,9-12H,2,4,6,8H2,(H,22,24). The molecule has 0 spiro atoms. The van der Waals surface area contributed by atoms with E-state index in [1.807, 2.05) is 36.4 Å². The zero-order valence-corrected chi connectivity index (χ0v) is 13.9. The number of hydrogen-bond acceptors (Lipinski definition) is 2. The highest BCUT2D eigenvalue weighted by atomic mass is 35.5. The number of hydrogen-bond donors (Lipinski definition) is 1. The Labute approximate surface area is 145 Å². The molecule has 0 saturated heterocycles. The molecule has 1 aromatic heterocycles. The minimum Gasteiger partial charge on any atom is -0.322 e. The first-order valence-electron chi connectivity index (χ1n) is 8.20. The van der Waals surface area contributed by atoms with Gasteiger partial charge in [-0.2, -0.15) is 0 Å². The molecule has 0 unspecified atom stereocenters. The van der Waals surface area contributed by atoms with Gasteiger partial charge in [-0.3, -0.25) is 9.78 Å². The van der Waals surface area contributed by atoms with Crippen molar-refractivity contribution in [1.82, 2.24) is 4.98 Å². The van der Waals surface area contributed by atoms with Crippen molar-refractivity contribution in [3.05, 3.63) is 70.4 Å². The highest BCUT2D eigenvalue weighted by molar-refractivity contribution is 6.30. The predicted octanol–water partition coefficient (Wildman–Crippen LogP) is 5.02. The lowest BCUT2D eigenvalue weighted by atomic mass is 9.89. The molecular formula is C20H17ClN2O. The lowest BCUT2D eigenvalue weighted by Gasteiger charge is -2.20. The molecule has 120 valence electrons. The van der Waals surface area contributed by atoms with Crippen molar-refractivity contribution in [1.29, 1.82) is 0 Å². The Morgan fingerprint density at radius 1 is 1.00 bits per heavy atom. The third-order valence-corrected chi connectivity index (χ3v) is 4.75. The molecule has 0 saturated carbocycles. The molecule has 4 rings (SSSR count). The lowest BCUT2D eigenvalue weighted by molar-refractivity contribution is 0.102. The van der Waals surface area contributed by atoms with Crippen LogP contribution in [0.1, 0.15) is 34.5 Å². The number of amides is 1. The van der Waals surface area contributed by atoms with Crippen LogP contribution in [-0.4, -0.2) is 10.9 Å². The topological polar surface area (TPSA) is 42.0 Å². The summed E-state index contributed by atoms with van der Waals surface area (Å²) in [7, 11) is 0. The minimum absolute atomic E-state index is 0.0749. The highest BCUT2D eigenvalue weighted by Crippen LogP contribution is 2.30. The van der Waals surface area contributed by atoms with Gasteiger partial charge in [-0.15, -0.1) is 0 Å². The number of halogens is 1. The van der Waals surface area contributed by atoms with Crippen LogP contribution in [0.3, 0.4) is 0 Å². The average molecular weight is 337 g/mol. The van der Waals surface area contributed by atoms with Gasteiger partial charge < -0.3 is 5.32 Å². The van der Waals surface area contributed by atoms with Gasteiger partial charge in [0.15, 0.2) is 0 Å². The number of pyridine rings is 1. The molecule has 2 aromatic carbocycles. The van der Waals surface area contributed by atoms with Gasteiger partial charge in [0.25, 0.3) is 5.91 Å². The molecule has 1 heterocycles. The summed E-state index contributed by atoms with van der Waals surface area (Å²) in [4.78, 5) is 17.8. The second kappa shape index (κ2) is 6.25. The summed E-state index contributed by atoms with van der Waals surface area (Å²) in [6.07, 6.45) is 4.10. The number of nitrogens with zero attached hydrogens (tertiary/aromatic N) is 1. The van der Waals surface area contributed by atoms with Gasteiger partial charge in [0.1, 0.15) is 0 Å². The summed E-state index contributed by atoms with van der Waals surface area (Å²) < 4.78 is 0. The Morgan fingerprint density at radius 3 is 2.58 bits per heavy atom. The number of para-hydroxylation sites is 1. The van der Waals surface area contributed by atoms with E-state index in [9.17, 15) is 4.79 Å². The molecule has 1 aliphatic carbocycles. The summed E-state index contributed by atoms with van der Waals surface area (Å²) >= 11 is 5.92. The van der Waals surface area contributed by atoms with Gasteiger partial charge >= 0.3 is 0 Å². The molecule has 0 bridgehead atoms. The molecule has 3 aromatic rings. The SMILES string of the molecule is O=C(Nc1ccc(Cl)cc1)c1c2c(nc3ccccc13)CCCC2. The van der Waals surface area contributed by atoms with Crippen molar-refractivity contribution in [2.45, 2.75) is 25.7 Å².